The quantitative estimate of drug-likeness (QED) is 0.332. The van der Waals surface area contributed by atoms with E-state index in [1.807, 2.05) is 48.5 Å². The molecule has 1 fully saturated rings. The molecule has 1 aromatic heterocycles. The summed E-state index contributed by atoms with van der Waals surface area (Å²) in [6, 6.07) is 18.2. The number of aromatic nitrogens is 2. The third-order valence-electron chi connectivity index (χ3n) is 5.25. The topological polar surface area (TPSA) is 61.7 Å². The molecule has 0 aliphatic carbocycles. The minimum atomic E-state index is -0.533. The molecule has 1 aliphatic rings. The van der Waals surface area contributed by atoms with Gasteiger partial charge in [0.2, 0.25) is 0 Å². The van der Waals surface area contributed by atoms with E-state index in [0.29, 0.717) is 6.54 Å². The van der Waals surface area contributed by atoms with Gasteiger partial charge in [0, 0.05) is 60.2 Å². The van der Waals surface area contributed by atoms with Gasteiger partial charge in [0.25, 0.3) is 0 Å². The number of para-hydroxylation sites is 1. The smallest absolute Gasteiger partial charge is 0.162 e. The van der Waals surface area contributed by atoms with E-state index in [2.05, 4.69) is 21.8 Å². The molecule has 0 amide bonds. The number of aliphatic hydroxyl groups is 1. The third kappa shape index (κ3) is 5.81. The predicted molar refractivity (Wildman–Crippen MR) is 119 cm³/mol. The van der Waals surface area contributed by atoms with E-state index in [-0.39, 0.29) is 29.7 Å². The first-order valence-corrected chi connectivity index (χ1v) is 10.2. The minimum absolute atomic E-state index is 0. The molecule has 164 valence electrons. The van der Waals surface area contributed by atoms with Crippen molar-refractivity contribution >= 4 is 16.7 Å². The number of piperazine rings is 1. The summed E-state index contributed by atoms with van der Waals surface area (Å²) in [5.74, 6) is 4.13. The van der Waals surface area contributed by atoms with Gasteiger partial charge < -0.3 is 14.7 Å². The molecular formula is C24H26N4NiO2. The molecule has 2 aromatic carbocycles. The van der Waals surface area contributed by atoms with Gasteiger partial charge in [0.1, 0.15) is 12.4 Å². The molecule has 0 bridgehead atoms. The second-order valence-electron chi connectivity index (χ2n) is 7.41. The van der Waals surface area contributed by atoms with Crippen molar-refractivity contribution in [3.63, 3.8) is 0 Å². The molecule has 4 rings (SSSR count). The Hall–Kier alpha value is -2.49. The van der Waals surface area contributed by atoms with Gasteiger partial charge in [-0.05, 0) is 12.1 Å². The fourth-order valence-electron chi connectivity index (χ4n) is 3.76. The van der Waals surface area contributed by atoms with Crippen molar-refractivity contribution < 1.29 is 26.3 Å². The molecule has 0 radical (unpaired) electrons. The molecule has 1 saturated heterocycles. The zero-order valence-corrected chi connectivity index (χ0v) is 18.2. The Bertz CT molecular complexity index is 1020. The van der Waals surface area contributed by atoms with Crippen LogP contribution in [0.4, 0.5) is 5.82 Å². The summed E-state index contributed by atoms with van der Waals surface area (Å²) < 4.78 is 5.24. The van der Waals surface area contributed by atoms with E-state index in [4.69, 9.17) is 21.1 Å². The first kappa shape index (κ1) is 23.2. The van der Waals surface area contributed by atoms with E-state index >= 15 is 0 Å². The summed E-state index contributed by atoms with van der Waals surface area (Å²) in [4.78, 5) is 14.3. The molecule has 2 heterocycles. The summed E-state index contributed by atoms with van der Waals surface area (Å²) >= 11 is 0. The van der Waals surface area contributed by atoms with Gasteiger partial charge in [0.15, 0.2) is 5.82 Å². The maximum absolute atomic E-state index is 10.1. The molecule has 1 N–H and O–H groups in total. The number of terminal acetylenes is 1. The van der Waals surface area contributed by atoms with E-state index in [1.54, 1.807) is 0 Å². The third-order valence-corrected chi connectivity index (χ3v) is 5.25. The number of nitrogens with zero attached hydrogens (tertiary/aromatic N) is 4. The Labute approximate surface area is 193 Å². The van der Waals surface area contributed by atoms with Crippen LogP contribution < -0.4 is 4.90 Å². The van der Waals surface area contributed by atoms with Crippen molar-refractivity contribution in [2.24, 2.45) is 0 Å². The van der Waals surface area contributed by atoms with Crippen LogP contribution >= 0.6 is 0 Å². The molecule has 1 unspecified atom stereocenters. The second kappa shape index (κ2) is 11.2. The zero-order valence-electron chi connectivity index (χ0n) is 17.3. The van der Waals surface area contributed by atoms with Gasteiger partial charge in [-0.15, -0.1) is 6.42 Å². The molecule has 1 atom stereocenters. The van der Waals surface area contributed by atoms with Gasteiger partial charge in [-0.2, -0.15) is 0 Å². The number of β-amino-alcohol motifs (C(OH)–C–C–N with tert-alkyl or cyclic N) is 1. The predicted octanol–water partition coefficient (Wildman–Crippen LogP) is 2.43. The summed E-state index contributed by atoms with van der Waals surface area (Å²) in [5, 5.41) is 11.2. The molecule has 7 heteroatoms. The number of anilines is 1. The number of hydrogen-bond donors (Lipinski definition) is 1. The fourth-order valence-corrected chi connectivity index (χ4v) is 3.76. The van der Waals surface area contributed by atoms with Crippen molar-refractivity contribution in [2.45, 2.75) is 6.10 Å². The molecular weight excluding hydrogens is 435 g/mol. The van der Waals surface area contributed by atoms with Crippen LogP contribution in [-0.2, 0) is 21.2 Å². The molecule has 0 spiro atoms. The summed E-state index contributed by atoms with van der Waals surface area (Å²) in [6.45, 7) is 4.46. The maximum Gasteiger partial charge on any atom is 0.162 e. The van der Waals surface area contributed by atoms with Crippen LogP contribution in [0.3, 0.4) is 0 Å². The molecule has 3 aromatic rings. The van der Waals surface area contributed by atoms with Crippen molar-refractivity contribution in [3.05, 3.63) is 54.6 Å². The summed E-state index contributed by atoms with van der Waals surface area (Å²) in [5.41, 5.74) is 1.96. The van der Waals surface area contributed by atoms with Crippen LogP contribution in [0, 0.1) is 12.3 Å². The SMILES string of the molecule is C#CCOCC(O)CN1CCN(c2nc(-c3ccccc3)nc3ccccc23)CC1.[Ni]. The first-order chi connectivity index (χ1) is 14.7. The molecule has 6 nitrogen and oxygen atoms in total. The number of benzene rings is 2. The van der Waals surface area contributed by atoms with Crippen LogP contribution in [0.15, 0.2) is 54.6 Å². The van der Waals surface area contributed by atoms with E-state index in [9.17, 15) is 5.11 Å². The zero-order chi connectivity index (χ0) is 20.8. The molecule has 31 heavy (non-hydrogen) atoms. The Morgan fingerprint density at radius 1 is 1.00 bits per heavy atom. The van der Waals surface area contributed by atoms with E-state index in [0.717, 1.165) is 54.3 Å². The average Bonchev–Trinajstić information content (AvgIpc) is 2.80. The second-order valence-corrected chi connectivity index (χ2v) is 7.41. The maximum atomic E-state index is 10.1. The first-order valence-electron chi connectivity index (χ1n) is 10.2. The van der Waals surface area contributed by atoms with Gasteiger partial charge >= 0.3 is 0 Å². The van der Waals surface area contributed by atoms with Gasteiger partial charge in [0.05, 0.1) is 18.2 Å². The van der Waals surface area contributed by atoms with Crippen molar-refractivity contribution in [1.82, 2.24) is 14.9 Å². The van der Waals surface area contributed by atoms with Gasteiger partial charge in [-0.1, -0.05) is 48.4 Å². The molecule has 0 saturated carbocycles. The Morgan fingerprint density at radius 2 is 1.71 bits per heavy atom. The summed E-state index contributed by atoms with van der Waals surface area (Å²) in [7, 11) is 0. The van der Waals surface area contributed by atoms with E-state index < -0.39 is 6.10 Å². The number of ether oxygens (including phenoxy) is 1. The minimum Gasteiger partial charge on any atom is -0.389 e. The van der Waals surface area contributed by atoms with Crippen LogP contribution in [0.25, 0.3) is 22.3 Å². The van der Waals surface area contributed by atoms with Crippen LogP contribution in [-0.4, -0.2) is 72.0 Å². The van der Waals surface area contributed by atoms with Crippen molar-refractivity contribution in [1.29, 1.82) is 0 Å². The fraction of sp³-hybridized carbons (Fsp3) is 0.333. The average molecular weight is 461 g/mol. The monoisotopic (exact) mass is 460 g/mol. The van der Waals surface area contributed by atoms with Gasteiger partial charge in [-0.25, -0.2) is 9.97 Å². The summed E-state index contributed by atoms with van der Waals surface area (Å²) in [6.07, 6.45) is 4.64. The van der Waals surface area contributed by atoms with E-state index in [1.165, 1.54) is 0 Å². The number of hydrogen-bond acceptors (Lipinski definition) is 6. The van der Waals surface area contributed by atoms with Crippen molar-refractivity contribution in [3.8, 4) is 23.7 Å². The largest absolute Gasteiger partial charge is 0.389 e. The van der Waals surface area contributed by atoms with Crippen molar-refractivity contribution in [2.75, 3.05) is 50.8 Å². The van der Waals surface area contributed by atoms with Crippen LogP contribution in [0.2, 0.25) is 0 Å². The number of fused-ring (bicyclic) bond motifs is 1. The van der Waals surface area contributed by atoms with Crippen LogP contribution in [0.5, 0.6) is 0 Å². The van der Waals surface area contributed by atoms with Gasteiger partial charge in [-0.3, -0.25) is 4.90 Å². The number of rotatable bonds is 7. The standard InChI is InChI=1S/C24H26N4O2.Ni/c1-2-16-30-18-20(29)17-27-12-14-28(15-13-27)24-21-10-6-7-11-22(21)25-23(26-24)19-8-4-3-5-9-19;/h1,3-11,20,29H,12-18H2;. The number of aliphatic hydroxyl groups excluding tert-OH is 1. The van der Waals surface area contributed by atoms with Crippen LogP contribution in [0.1, 0.15) is 0 Å². The normalized spacial score (nSPS) is 15.3. The Balaban J connectivity index is 0.00000272. The Kier molecular flexibility index (Phi) is 8.39. The Morgan fingerprint density at radius 3 is 2.45 bits per heavy atom. The molecule has 1 aliphatic heterocycles.